The Bertz CT molecular complexity index is 891. The van der Waals surface area contributed by atoms with Crippen LogP contribution in [0.2, 0.25) is 0 Å². The summed E-state index contributed by atoms with van der Waals surface area (Å²) in [6.07, 6.45) is 3.49. The summed E-state index contributed by atoms with van der Waals surface area (Å²) in [5.74, 6) is 0.0243. The van der Waals surface area contributed by atoms with E-state index in [1.807, 2.05) is 6.92 Å². The topological polar surface area (TPSA) is 57.7 Å². The van der Waals surface area contributed by atoms with Crippen molar-refractivity contribution in [2.75, 3.05) is 31.9 Å². The van der Waals surface area contributed by atoms with Crippen molar-refractivity contribution in [3.05, 3.63) is 35.4 Å². The van der Waals surface area contributed by atoms with E-state index < -0.39 is 21.8 Å². The molecule has 0 radical (unpaired) electrons. The third-order valence-corrected chi connectivity index (χ3v) is 9.23. The molecular formula is C24H36ClF3N2O3S. The van der Waals surface area contributed by atoms with Gasteiger partial charge in [0.1, 0.15) is 0 Å². The lowest BCUT2D eigenvalue weighted by molar-refractivity contribution is -0.137. The van der Waals surface area contributed by atoms with Crippen LogP contribution in [0.5, 0.6) is 0 Å². The van der Waals surface area contributed by atoms with Gasteiger partial charge in [-0.25, -0.2) is 8.42 Å². The number of halogens is 4. The number of piperazine rings is 1. The molecular weight excluding hydrogens is 489 g/mol. The Morgan fingerprint density at radius 3 is 2.03 bits per heavy atom. The van der Waals surface area contributed by atoms with Crippen molar-refractivity contribution in [3.8, 4) is 0 Å². The molecule has 1 saturated heterocycles. The maximum atomic E-state index is 12.8. The van der Waals surface area contributed by atoms with Gasteiger partial charge in [-0.15, -0.1) is 12.4 Å². The summed E-state index contributed by atoms with van der Waals surface area (Å²) in [7, 11) is -3.22. The molecule has 34 heavy (non-hydrogen) atoms. The second-order valence-corrected chi connectivity index (χ2v) is 11.4. The molecule has 1 aromatic carbocycles. The molecule has 5 nitrogen and oxygen atoms in total. The van der Waals surface area contributed by atoms with Crippen LogP contribution in [0.15, 0.2) is 24.3 Å². The van der Waals surface area contributed by atoms with E-state index >= 15 is 0 Å². The molecule has 0 spiro atoms. The van der Waals surface area contributed by atoms with Crippen LogP contribution >= 0.6 is 12.4 Å². The number of sulfonamides is 1. The summed E-state index contributed by atoms with van der Waals surface area (Å²) in [6, 6.07) is 4.46. The molecule has 0 N–H and O–H groups in total. The lowest BCUT2D eigenvalue weighted by atomic mass is 9.82. The molecule has 1 aliphatic carbocycles. The summed E-state index contributed by atoms with van der Waals surface area (Å²) < 4.78 is 65.0. The van der Waals surface area contributed by atoms with Crippen molar-refractivity contribution in [2.45, 2.75) is 76.4 Å². The Morgan fingerprint density at radius 2 is 1.53 bits per heavy atom. The highest BCUT2D eigenvalue weighted by Crippen LogP contribution is 2.38. The highest BCUT2D eigenvalue weighted by molar-refractivity contribution is 7.89. The average molecular weight is 525 g/mol. The van der Waals surface area contributed by atoms with Crippen LogP contribution in [-0.2, 0) is 16.2 Å². The van der Waals surface area contributed by atoms with Gasteiger partial charge in [0.2, 0.25) is 10.0 Å². The van der Waals surface area contributed by atoms with Crippen LogP contribution in [0.25, 0.3) is 0 Å². The first-order valence-corrected chi connectivity index (χ1v) is 13.6. The van der Waals surface area contributed by atoms with E-state index in [1.54, 1.807) is 4.31 Å². The fourth-order valence-electron chi connectivity index (χ4n) is 5.27. The van der Waals surface area contributed by atoms with Gasteiger partial charge in [-0.05, 0) is 37.8 Å². The van der Waals surface area contributed by atoms with Crippen LogP contribution in [0.4, 0.5) is 13.2 Å². The summed E-state index contributed by atoms with van der Waals surface area (Å²) >= 11 is 0. The molecule has 1 saturated carbocycles. The minimum atomic E-state index is -4.42. The van der Waals surface area contributed by atoms with Gasteiger partial charge in [-0.3, -0.25) is 9.69 Å². The Labute approximate surface area is 207 Å². The maximum Gasteiger partial charge on any atom is 0.416 e. The van der Waals surface area contributed by atoms with Crippen molar-refractivity contribution < 1.29 is 26.4 Å². The standard InChI is InChI=1S/C24H35F3N2O3S.ClH/c1-2-19-33(31,32)29-17-15-28(16-18-29)23(12-5-3-4-6-13-23)14-11-22(30)20-7-9-21(10-8-20)24(25,26)27;/h7-10H,2-6,11-19H2,1H3;1H. The van der Waals surface area contributed by atoms with Crippen molar-refractivity contribution in [1.82, 2.24) is 9.21 Å². The fourth-order valence-corrected chi connectivity index (χ4v) is 6.77. The Balaban J connectivity index is 0.00000408. The number of Topliss-reactive ketones (excluding diaryl/α,β-unsaturated/α-hetero) is 1. The van der Waals surface area contributed by atoms with Crippen molar-refractivity contribution >= 4 is 28.2 Å². The number of hydrogen-bond donors (Lipinski definition) is 0. The number of hydrogen-bond acceptors (Lipinski definition) is 4. The normalized spacial score (nSPS) is 20.4. The summed E-state index contributed by atoms with van der Waals surface area (Å²) in [5.41, 5.74) is -0.601. The zero-order valence-corrected chi connectivity index (χ0v) is 21.4. The molecule has 1 aliphatic heterocycles. The highest BCUT2D eigenvalue weighted by Gasteiger charge is 2.40. The second kappa shape index (κ2) is 12.2. The van der Waals surface area contributed by atoms with E-state index in [4.69, 9.17) is 0 Å². The zero-order chi connectivity index (χ0) is 24.1. The lowest BCUT2D eigenvalue weighted by Gasteiger charge is -2.48. The highest BCUT2D eigenvalue weighted by atomic mass is 35.5. The Kier molecular flexibility index (Phi) is 10.4. The summed E-state index contributed by atoms with van der Waals surface area (Å²) in [5, 5.41) is 0. The smallest absolute Gasteiger partial charge is 0.295 e. The molecule has 0 amide bonds. The molecule has 1 aromatic rings. The van der Waals surface area contributed by atoms with E-state index in [0.29, 0.717) is 44.6 Å². The van der Waals surface area contributed by atoms with Gasteiger partial charge < -0.3 is 0 Å². The Morgan fingerprint density at radius 1 is 0.971 bits per heavy atom. The van der Waals surface area contributed by atoms with E-state index in [2.05, 4.69) is 4.90 Å². The SMILES string of the molecule is CCCS(=O)(=O)N1CCN(C2(CCC(=O)c3ccc(C(F)(F)F)cc3)CCCCCC2)CC1.Cl. The van der Waals surface area contributed by atoms with Crippen LogP contribution in [0, 0.1) is 0 Å². The van der Waals surface area contributed by atoms with Gasteiger partial charge >= 0.3 is 6.18 Å². The number of carbonyl (C=O) groups is 1. The number of benzene rings is 1. The van der Waals surface area contributed by atoms with Gasteiger partial charge in [0, 0.05) is 43.7 Å². The molecule has 2 fully saturated rings. The molecule has 2 aliphatic rings. The number of ketones is 1. The first-order valence-electron chi connectivity index (χ1n) is 12.0. The van der Waals surface area contributed by atoms with E-state index in [0.717, 1.165) is 50.7 Å². The molecule has 194 valence electrons. The minimum absolute atomic E-state index is 0. The monoisotopic (exact) mass is 524 g/mol. The summed E-state index contributed by atoms with van der Waals surface area (Å²) in [4.78, 5) is 15.2. The van der Waals surface area contributed by atoms with Gasteiger partial charge in [0.25, 0.3) is 0 Å². The van der Waals surface area contributed by atoms with Crippen molar-refractivity contribution in [2.24, 2.45) is 0 Å². The third kappa shape index (κ3) is 7.18. The molecule has 10 heteroatoms. The van der Waals surface area contributed by atoms with Crippen molar-refractivity contribution in [3.63, 3.8) is 0 Å². The maximum absolute atomic E-state index is 12.8. The average Bonchev–Trinajstić information content (AvgIpc) is 3.04. The summed E-state index contributed by atoms with van der Waals surface area (Å²) in [6.45, 7) is 4.10. The quantitative estimate of drug-likeness (QED) is 0.331. The van der Waals surface area contributed by atoms with Gasteiger partial charge in [-0.2, -0.15) is 17.5 Å². The zero-order valence-electron chi connectivity index (χ0n) is 19.8. The molecule has 0 aromatic heterocycles. The number of rotatable bonds is 8. The van der Waals surface area contributed by atoms with Crippen LogP contribution < -0.4 is 0 Å². The predicted octanol–water partition coefficient (Wildman–Crippen LogP) is 5.54. The number of carbonyl (C=O) groups excluding carboxylic acids is 1. The molecule has 0 atom stereocenters. The third-order valence-electron chi connectivity index (χ3n) is 7.15. The first-order chi connectivity index (χ1) is 15.6. The largest absolute Gasteiger partial charge is 0.416 e. The first kappa shape index (κ1) is 29.1. The minimum Gasteiger partial charge on any atom is -0.295 e. The van der Waals surface area contributed by atoms with Crippen LogP contribution in [-0.4, -0.2) is 60.9 Å². The van der Waals surface area contributed by atoms with Gasteiger partial charge in [0.05, 0.1) is 11.3 Å². The fraction of sp³-hybridized carbons (Fsp3) is 0.708. The van der Waals surface area contributed by atoms with Crippen molar-refractivity contribution in [1.29, 1.82) is 0 Å². The van der Waals surface area contributed by atoms with Gasteiger partial charge in [-0.1, -0.05) is 44.7 Å². The van der Waals surface area contributed by atoms with Crippen LogP contribution in [0.3, 0.4) is 0 Å². The van der Waals surface area contributed by atoms with Crippen LogP contribution in [0.1, 0.15) is 80.6 Å². The molecule has 1 heterocycles. The lowest BCUT2D eigenvalue weighted by Crippen LogP contribution is -2.58. The Hall–Kier alpha value is -1.16. The predicted molar refractivity (Wildman–Crippen MR) is 130 cm³/mol. The second-order valence-electron chi connectivity index (χ2n) is 9.34. The van der Waals surface area contributed by atoms with E-state index in [1.165, 1.54) is 12.1 Å². The number of nitrogens with zero attached hydrogens (tertiary/aromatic N) is 2. The molecule has 0 bridgehead atoms. The molecule has 0 unspecified atom stereocenters. The van der Waals surface area contributed by atoms with E-state index in [9.17, 15) is 26.4 Å². The van der Waals surface area contributed by atoms with E-state index in [-0.39, 0.29) is 35.9 Å². The van der Waals surface area contributed by atoms with Gasteiger partial charge in [0.15, 0.2) is 5.78 Å². The molecule has 3 rings (SSSR count). The number of alkyl halides is 3.